The molecular formula is C15H18N6O2. The number of carbonyl (C=O) groups is 1. The number of nitrogens with one attached hydrogen (secondary N) is 1. The van der Waals surface area contributed by atoms with E-state index in [4.69, 9.17) is 10.8 Å². The lowest BCUT2D eigenvalue weighted by Crippen LogP contribution is -2.37. The number of hydrogen-bond donors (Lipinski definition) is 3. The highest BCUT2D eigenvalue weighted by Gasteiger charge is 2.26. The van der Waals surface area contributed by atoms with Gasteiger partial charge in [0, 0.05) is 31.2 Å². The fraction of sp³-hybridized carbons (Fsp3) is 0.333. The minimum atomic E-state index is -0.736. The van der Waals surface area contributed by atoms with Crippen molar-refractivity contribution >= 4 is 29.0 Å². The lowest BCUT2D eigenvalue weighted by Gasteiger charge is -2.31. The van der Waals surface area contributed by atoms with E-state index in [1.54, 1.807) is 12.4 Å². The average molecular weight is 314 g/mol. The molecule has 0 aliphatic carbocycles. The van der Waals surface area contributed by atoms with Crippen molar-refractivity contribution < 1.29 is 9.90 Å². The zero-order valence-corrected chi connectivity index (χ0v) is 12.5. The van der Waals surface area contributed by atoms with Crippen molar-refractivity contribution in [3.05, 3.63) is 30.9 Å². The van der Waals surface area contributed by atoms with Crippen LogP contribution in [-0.4, -0.2) is 39.1 Å². The Morgan fingerprint density at radius 2 is 1.96 bits per heavy atom. The molecule has 1 aliphatic heterocycles. The Morgan fingerprint density at radius 1 is 1.26 bits per heavy atom. The Labute approximate surface area is 133 Å². The molecule has 1 aliphatic rings. The number of aliphatic carboxylic acids is 1. The minimum Gasteiger partial charge on any atom is -0.481 e. The summed E-state index contributed by atoms with van der Waals surface area (Å²) in [5.74, 6) is 0.144. The number of aromatic nitrogens is 3. The summed E-state index contributed by atoms with van der Waals surface area (Å²) in [6.07, 6.45) is 5.99. The van der Waals surface area contributed by atoms with Crippen molar-refractivity contribution in [2.24, 2.45) is 5.92 Å². The second-order valence-electron chi connectivity index (χ2n) is 5.42. The molecule has 2 aromatic heterocycles. The molecule has 0 atom stereocenters. The van der Waals surface area contributed by atoms with E-state index in [1.165, 1.54) is 6.33 Å². The van der Waals surface area contributed by atoms with Crippen molar-refractivity contribution in [3.8, 4) is 0 Å². The van der Waals surface area contributed by atoms with Gasteiger partial charge in [-0.3, -0.25) is 9.78 Å². The summed E-state index contributed by atoms with van der Waals surface area (Å²) in [5, 5.41) is 12.2. The van der Waals surface area contributed by atoms with Crippen LogP contribution < -0.4 is 16.0 Å². The van der Waals surface area contributed by atoms with Crippen LogP contribution in [0.25, 0.3) is 0 Å². The fourth-order valence-corrected chi connectivity index (χ4v) is 2.65. The summed E-state index contributed by atoms with van der Waals surface area (Å²) in [5.41, 5.74) is 7.49. The molecule has 23 heavy (non-hydrogen) atoms. The third-order valence-corrected chi connectivity index (χ3v) is 3.95. The average Bonchev–Trinajstić information content (AvgIpc) is 2.58. The van der Waals surface area contributed by atoms with Gasteiger partial charge in [0.2, 0.25) is 0 Å². The van der Waals surface area contributed by atoms with Gasteiger partial charge in [-0.1, -0.05) is 0 Å². The molecule has 8 nitrogen and oxygen atoms in total. The zero-order chi connectivity index (χ0) is 16.2. The fourth-order valence-electron chi connectivity index (χ4n) is 2.65. The van der Waals surface area contributed by atoms with Crippen molar-refractivity contribution in [1.82, 2.24) is 15.0 Å². The van der Waals surface area contributed by atoms with Crippen LogP contribution in [0.4, 0.5) is 23.0 Å². The van der Waals surface area contributed by atoms with Crippen LogP contribution in [0.15, 0.2) is 30.9 Å². The van der Waals surface area contributed by atoms with Crippen molar-refractivity contribution in [1.29, 1.82) is 0 Å². The molecule has 8 heteroatoms. The molecule has 1 fully saturated rings. The SMILES string of the molecule is Nc1c(Nc2ccncc2)ncnc1N1CCC(C(=O)O)CC1. The van der Waals surface area contributed by atoms with E-state index >= 15 is 0 Å². The molecule has 0 aromatic carbocycles. The van der Waals surface area contributed by atoms with Gasteiger partial charge in [-0.25, -0.2) is 9.97 Å². The van der Waals surface area contributed by atoms with Gasteiger partial charge in [0.05, 0.1) is 5.92 Å². The number of carboxylic acids is 1. The molecular weight excluding hydrogens is 296 g/mol. The molecule has 0 radical (unpaired) electrons. The predicted octanol–water partition coefficient (Wildman–Crippen LogP) is 1.50. The first-order valence-corrected chi connectivity index (χ1v) is 7.40. The smallest absolute Gasteiger partial charge is 0.306 e. The normalized spacial score (nSPS) is 15.4. The molecule has 0 amide bonds. The summed E-state index contributed by atoms with van der Waals surface area (Å²) < 4.78 is 0. The molecule has 0 bridgehead atoms. The Morgan fingerprint density at radius 3 is 2.61 bits per heavy atom. The number of pyridine rings is 1. The summed E-state index contributed by atoms with van der Waals surface area (Å²) in [7, 11) is 0. The number of nitrogen functional groups attached to an aromatic ring is 1. The second-order valence-corrected chi connectivity index (χ2v) is 5.42. The standard InChI is InChI=1S/C15H18N6O2/c16-12-13(20-11-1-5-17-6-2-11)18-9-19-14(12)21-7-3-10(4-8-21)15(22)23/h1-2,5-6,9-10H,3-4,7-8,16H2,(H,22,23)(H,17,18,19,20). The number of piperidine rings is 1. The van der Waals surface area contributed by atoms with E-state index in [2.05, 4.69) is 20.3 Å². The first-order chi connectivity index (χ1) is 11.1. The number of hydrogen-bond acceptors (Lipinski definition) is 7. The van der Waals surface area contributed by atoms with Crippen molar-refractivity contribution in [2.45, 2.75) is 12.8 Å². The van der Waals surface area contributed by atoms with Gasteiger partial charge in [0.25, 0.3) is 0 Å². The molecule has 4 N–H and O–H groups in total. The van der Waals surface area contributed by atoms with E-state index < -0.39 is 5.97 Å². The molecule has 120 valence electrons. The lowest BCUT2D eigenvalue weighted by atomic mass is 9.97. The molecule has 0 saturated carbocycles. The molecule has 3 heterocycles. The summed E-state index contributed by atoms with van der Waals surface area (Å²) >= 11 is 0. The van der Waals surface area contributed by atoms with Crippen LogP contribution in [0.3, 0.4) is 0 Å². The van der Waals surface area contributed by atoms with Crippen LogP contribution >= 0.6 is 0 Å². The van der Waals surface area contributed by atoms with Gasteiger partial charge in [0.15, 0.2) is 11.6 Å². The minimum absolute atomic E-state index is 0.288. The topological polar surface area (TPSA) is 117 Å². The number of rotatable bonds is 4. The molecule has 3 rings (SSSR count). The van der Waals surface area contributed by atoms with Crippen LogP contribution in [0.2, 0.25) is 0 Å². The Hall–Kier alpha value is -2.90. The Balaban J connectivity index is 1.76. The molecule has 0 spiro atoms. The van der Waals surface area contributed by atoms with E-state index in [0.29, 0.717) is 43.3 Å². The van der Waals surface area contributed by atoms with Gasteiger partial charge < -0.3 is 21.1 Å². The highest BCUT2D eigenvalue weighted by Crippen LogP contribution is 2.31. The number of nitrogens with two attached hydrogens (primary N) is 1. The lowest BCUT2D eigenvalue weighted by molar-refractivity contribution is -0.142. The van der Waals surface area contributed by atoms with Gasteiger partial charge in [0.1, 0.15) is 12.0 Å². The Bertz CT molecular complexity index is 686. The van der Waals surface area contributed by atoms with Crippen LogP contribution in [0.5, 0.6) is 0 Å². The largest absolute Gasteiger partial charge is 0.481 e. The first kappa shape index (κ1) is 15.0. The summed E-state index contributed by atoms with van der Waals surface area (Å²) in [4.78, 5) is 25.5. The van der Waals surface area contributed by atoms with E-state index in [0.717, 1.165) is 5.69 Å². The number of carboxylic acid groups (broad SMARTS) is 1. The predicted molar refractivity (Wildman–Crippen MR) is 86.5 cm³/mol. The van der Waals surface area contributed by atoms with Crippen LogP contribution in [-0.2, 0) is 4.79 Å². The number of anilines is 4. The van der Waals surface area contributed by atoms with Crippen LogP contribution in [0.1, 0.15) is 12.8 Å². The third kappa shape index (κ3) is 3.31. The highest BCUT2D eigenvalue weighted by molar-refractivity contribution is 5.78. The van der Waals surface area contributed by atoms with E-state index in [9.17, 15) is 4.79 Å². The third-order valence-electron chi connectivity index (χ3n) is 3.95. The molecule has 2 aromatic rings. The van der Waals surface area contributed by atoms with Crippen LogP contribution in [0, 0.1) is 5.92 Å². The first-order valence-electron chi connectivity index (χ1n) is 7.40. The molecule has 0 unspecified atom stereocenters. The summed E-state index contributed by atoms with van der Waals surface area (Å²) in [6.45, 7) is 1.24. The second kappa shape index (κ2) is 6.47. The van der Waals surface area contributed by atoms with Gasteiger partial charge in [-0.05, 0) is 25.0 Å². The maximum Gasteiger partial charge on any atom is 0.306 e. The van der Waals surface area contributed by atoms with Crippen molar-refractivity contribution in [3.63, 3.8) is 0 Å². The Kier molecular flexibility index (Phi) is 4.22. The summed E-state index contributed by atoms with van der Waals surface area (Å²) in [6, 6.07) is 3.64. The van der Waals surface area contributed by atoms with Crippen molar-refractivity contribution in [2.75, 3.05) is 29.0 Å². The van der Waals surface area contributed by atoms with E-state index in [-0.39, 0.29) is 5.92 Å². The monoisotopic (exact) mass is 314 g/mol. The quantitative estimate of drug-likeness (QED) is 0.777. The maximum atomic E-state index is 11.0. The maximum absolute atomic E-state index is 11.0. The van der Waals surface area contributed by atoms with Gasteiger partial charge >= 0.3 is 5.97 Å². The number of nitrogens with zero attached hydrogens (tertiary/aromatic N) is 4. The van der Waals surface area contributed by atoms with Gasteiger partial charge in [-0.2, -0.15) is 0 Å². The highest BCUT2D eigenvalue weighted by atomic mass is 16.4. The van der Waals surface area contributed by atoms with E-state index in [1.807, 2.05) is 17.0 Å². The zero-order valence-electron chi connectivity index (χ0n) is 12.5. The van der Waals surface area contributed by atoms with Gasteiger partial charge in [-0.15, -0.1) is 0 Å². The molecule has 1 saturated heterocycles.